The first kappa shape index (κ1) is 8.53. The van der Waals surface area contributed by atoms with Gasteiger partial charge in [-0.05, 0) is 26.2 Å². The molecule has 0 radical (unpaired) electrons. The molecule has 3 atom stereocenters. The SMILES string of the molecule is CCOC(=O)C1CC1C(C)O. The Morgan fingerprint density at radius 2 is 2.45 bits per heavy atom. The van der Waals surface area contributed by atoms with Crippen LogP contribution in [-0.2, 0) is 9.53 Å². The van der Waals surface area contributed by atoms with Crippen LogP contribution in [0, 0.1) is 11.8 Å². The Labute approximate surface area is 66.4 Å². The van der Waals surface area contributed by atoms with Crippen molar-refractivity contribution in [3.8, 4) is 0 Å². The van der Waals surface area contributed by atoms with Gasteiger partial charge in [-0.2, -0.15) is 0 Å². The molecule has 0 aromatic carbocycles. The largest absolute Gasteiger partial charge is 0.466 e. The monoisotopic (exact) mass is 158 g/mol. The van der Waals surface area contributed by atoms with E-state index >= 15 is 0 Å². The number of carbonyl (C=O) groups is 1. The third-order valence-corrected chi connectivity index (χ3v) is 2.05. The fraction of sp³-hybridized carbons (Fsp3) is 0.875. The van der Waals surface area contributed by atoms with Crippen molar-refractivity contribution in [1.82, 2.24) is 0 Å². The van der Waals surface area contributed by atoms with E-state index in [1.807, 2.05) is 0 Å². The van der Waals surface area contributed by atoms with Gasteiger partial charge in [-0.15, -0.1) is 0 Å². The van der Waals surface area contributed by atoms with Crippen molar-refractivity contribution in [2.75, 3.05) is 6.61 Å². The fourth-order valence-electron chi connectivity index (χ4n) is 1.27. The van der Waals surface area contributed by atoms with Crippen LogP contribution in [-0.4, -0.2) is 23.8 Å². The molecule has 0 amide bonds. The average molecular weight is 158 g/mol. The van der Waals surface area contributed by atoms with E-state index in [0.717, 1.165) is 6.42 Å². The molecule has 64 valence electrons. The molecule has 1 rings (SSSR count). The Balaban J connectivity index is 2.26. The van der Waals surface area contributed by atoms with E-state index in [1.54, 1.807) is 13.8 Å². The van der Waals surface area contributed by atoms with Crippen molar-refractivity contribution in [3.05, 3.63) is 0 Å². The summed E-state index contributed by atoms with van der Waals surface area (Å²) in [7, 11) is 0. The zero-order valence-corrected chi connectivity index (χ0v) is 6.91. The Morgan fingerprint density at radius 1 is 1.82 bits per heavy atom. The predicted octanol–water partition coefficient (Wildman–Crippen LogP) is 0.566. The van der Waals surface area contributed by atoms with Gasteiger partial charge in [0.2, 0.25) is 0 Å². The zero-order chi connectivity index (χ0) is 8.43. The highest BCUT2D eigenvalue weighted by Crippen LogP contribution is 2.41. The minimum absolute atomic E-state index is 0.0325. The number of rotatable bonds is 3. The van der Waals surface area contributed by atoms with E-state index in [0.29, 0.717) is 6.61 Å². The molecule has 0 aliphatic heterocycles. The molecule has 0 spiro atoms. The van der Waals surface area contributed by atoms with Crippen molar-refractivity contribution in [3.63, 3.8) is 0 Å². The van der Waals surface area contributed by atoms with Crippen molar-refractivity contribution < 1.29 is 14.6 Å². The van der Waals surface area contributed by atoms with Gasteiger partial charge in [0.05, 0.1) is 18.6 Å². The maximum atomic E-state index is 11.0. The predicted molar refractivity (Wildman–Crippen MR) is 39.9 cm³/mol. The third kappa shape index (κ3) is 1.93. The van der Waals surface area contributed by atoms with Crippen LogP contribution >= 0.6 is 0 Å². The van der Waals surface area contributed by atoms with Crippen LogP contribution in [0.4, 0.5) is 0 Å². The lowest BCUT2D eigenvalue weighted by molar-refractivity contribution is -0.145. The summed E-state index contributed by atoms with van der Waals surface area (Å²) in [5.41, 5.74) is 0. The van der Waals surface area contributed by atoms with E-state index < -0.39 is 0 Å². The van der Waals surface area contributed by atoms with Gasteiger partial charge in [-0.1, -0.05) is 0 Å². The van der Waals surface area contributed by atoms with E-state index in [2.05, 4.69) is 0 Å². The first-order valence-electron chi connectivity index (χ1n) is 4.01. The van der Waals surface area contributed by atoms with Crippen LogP contribution in [0.25, 0.3) is 0 Å². The minimum atomic E-state index is -0.371. The summed E-state index contributed by atoms with van der Waals surface area (Å²) in [6.45, 7) is 3.93. The van der Waals surface area contributed by atoms with E-state index in [-0.39, 0.29) is 23.9 Å². The molecule has 1 fully saturated rings. The average Bonchev–Trinajstić information content (AvgIpc) is 2.65. The first-order valence-corrected chi connectivity index (χ1v) is 4.01. The normalized spacial score (nSPS) is 31.2. The van der Waals surface area contributed by atoms with Gasteiger partial charge >= 0.3 is 5.97 Å². The topological polar surface area (TPSA) is 46.5 Å². The molecule has 3 nitrogen and oxygen atoms in total. The molecule has 0 aromatic heterocycles. The molecule has 0 heterocycles. The number of carbonyl (C=O) groups excluding carboxylic acids is 1. The summed E-state index contributed by atoms with van der Waals surface area (Å²) in [5, 5.41) is 9.07. The van der Waals surface area contributed by atoms with Crippen LogP contribution in [0.5, 0.6) is 0 Å². The van der Waals surface area contributed by atoms with E-state index in [4.69, 9.17) is 9.84 Å². The van der Waals surface area contributed by atoms with Crippen LogP contribution in [0.2, 0.25) is 0 Å². The lowest BCUT2D eigenvalue weighted by Gasteiger charge is -2.02. The molecule has 1 saturated carbocycles. The fourth-order valence-corrected chi connectivity index (χ4v) is 1.27. The van der Waals surface area contributed by atoms with Gasteiger partial charge in [-0.25, -0.2) is 0 Å². The molecule has 3 unspecified atom stereocenters. The van der Waals surface area contributed by atoms with Gasteiger partial charge in [0.15, 0.2) is 0 Å². The maximum absolute atomic E-state index is 11.0. The lowest BCUT2D eigenvalue weighted by Crippen LogP contribution is -2.12. The number of esters is 1. The van der Waals surface area contributed by atoms with Crippen LogP contribution in [0.3, 0.4) is 0 Å². The zero-order valence-electron chi connectivity index (χ0n) is 6.91. The van der Waals surface area contributed by atoms with Crippen molar-refractivity contribution in [2.45, 2.75) is 26.4 Å². The molecule has 11 heavy (non-hydrogen) atoms. The highest BCUT2D eigenvalue weighted by atomic mass is 16.5. The summed E-state index contributed by atoms with van der Waals surface area (Å²) < 4.78 is 4.80. The Hall–Kier alpha value is -0.570. The standard InChI is InChI=1S/C8H14O3/c1-3-11-8(10)7-4-6(7)5(2)9/h5-7,9H,3-4H2,1-2H3. The summed E-state index contributed by atoms with van der Waals surface area (Å²) in [6.07, 6.45) is 0.417. The minimum Gasteiger partial charge on any atom is -0.466 e. The third-order valence-electron chi connectivity index (χ3n) is 2.05. The number of ether oxygens (including phenoxy) is 1. The van der Waals surface area contributed by atoms with Crippen LogP contribution in [0.15, 0.2) is 0 Å². The molecule has 0 aromatic rings. The second-order valence-corrected chi connectivity index (χ2v) is 3.00. The second-order valence-electron chi connectivity index (χ2n) is 3.00. The van der Waals surface area contributed by atoms with Gasteiger partial charge in [0.1, 0.15) is 0 Å². The molecular weight excluding hydrogens is 144 g/mol. The number of aliphatic hydroxyl groups excluding tert-OH is 1. The second kappa shape index (κ2) is 3.22. The summed E-state index contributed by atoms with van der Waals surface area (Å²) in [5.74, 6) is -0.0394. The molecule has 1 N–H and O–H groups in total. The smallest absolute Gasteiger partial charge is 0.309 e. The Kier molecular flexibility index (Phi) is 2.49. The van der Waals surface area contributed by atoms with Crippen molar-refractivity contribution in [1.29, 1.82) is 0 Å². The summed E-state index contributed by atoms with van der Waals surface area (Å²) in [4.78, 5) is 11.0. The molecule has 1 aliphatic carbocycles. The number of hydrogen-bond donors (Lipinski definition) is 1. The Bertz CT molecular complexity index is 153. The molecule has 0 bridgehead atoms. The van der Waals surface area contributed by atoms with Crippen molar-refractivity contribution in [2.24, 2.45) is 11.8 Å². The number of hydrogen-bond acceptors (Lipinski definition) is 3. The first-order chi connectivity index (χ1) is 5.16. The van der Waals surface area contributed by atoms with Crippen LogP contribution in [0.1, 0.15) is 20.3 Å². The maximum Gasteiger partial charge on any atom is 0.309 e. The highest BCUT2D eigenvalue weighted by molar-refractivity contribution is 5.75. The Morgan fingerprint density at radius 3 is 2.82 bits per heavy atom. The van der Waals surface area contributed by atoms with Crippen LogP contribution < -0.4 is 0 Å². The van der Waals surface area contributed by atoms with E-state index in [1.165, 1.54) is 0 Å². The van der Waals surface area contributed by atoms with Gasteiger partial charge in [0, 0.05) is 0 Å². The molecule has 3 heteroatoms. The lowest BCUT2D eigenvalue weighted by atomic mass is 10.2. The van der Waals surface area contributed by atoms with Gasteiger partial charge < -0.3 is 9.84 Å². The summed E-state index contributed by atoms with van der Waals surface area (Å²) in [6, 6.07) is 0. The van der Waals surface area contributed by atoms with E-state index in [9.17, 15) is 4.79 Å². The van der Waals surface area contributed by atoms with Gasteiger partial charge in [0.25, 0.3) is 0 Å². The summed E-state index contributed by atoms with van der Waals surface area (Å²) >= 11 is 0. The quantitative estimate of drug-likeness (QED) is 0.611. The molecule has 0 saturated heterocycles. The molecule has 1 aliphatic rings. The van der Waals surface area contributed by atoms with Gasteiger partial charge in [-0.3, -0.25) is 4.79 Å². The molecular formula is C8H14O3. The van der Waals surface area contributed by atoms with Crippen molar-refractivity contribution >= 4 is 5.97 Å². The number of aliphatic hydroxyl groups is 1. The highest BCUT2D eigenvalue weighted by Gasteiger charge is 2.46.